The fraction of sp³-hybridized carbons (Fsp3) is 0.417. The first-order chi connectivity index (χ1) is 9.04. The van der Waals surface area contributed by atoms with Crippen LogP contribution in [0.5, 0.6) is 11.5 Å². The van der Waals surface area contributed by atoms with E-state index in [1.807, 2.05) is 0 Å². The zero-order chi connectivity index (χ0) is 14.0. The van der Waals surface area contributed by atoms with Crippen molar-refractivity contribution in [1.82, 2.24) is 0 Å². The van der Waals surface area contributed by atoms with Gasteiger partial charge in [0.05, 0.1) is 6.61 Å². The highest BCUT2D eigenvalue weighted by Gasteiger charge is 2.30. The normalized spacial score (nSPS) is 16.0. The molecular formula is C12H13BrO6. The summed E-state index contributed by atoms with van der Waals surface area (Å²) in [6.45, 7) is 1.85. The van der Waals surface area contributed by atoms with Crippen LogP contribution in [-0.2, 0) is 9.53 Å². The molecule has 7 heteroatoms. The Labute approximate surface area is 118 Å². The Morgan fingerprint density at radius 2 is 2.05 bits per heavy atom. The van der Waals surface area contributed by atoms with Crippen LogP contribution >= 0.6 is 15.9 Å². The topological polar surface area (TPSA) is 85.2 Å². The molecule has 2 unspecified atom stereocenters. The van der Waals surface area contributed by atoms with Crippen molar-refractivity contribution in [1.29, 1.82) is 0 Å². The maximum Gasteiger partial charge on any atom is 0.338 e. The molecule has 1 aromatic rings. The first kappa shape index (κ1) is 14.1. The van der Waals surface area contributed by atoms with Gasteiger partial charge in [-0.05, 0) is 19.1 Å². The number of rotatable bonds is 4. The maximum absolute atomic E-state index is 11.4. The minimum Gasteiger partial charge on any atom is -0.464 e. The van der Waals surface area contributed by atoms with Crippen molar-refractivity contribution < 1.29 is 29.2 Å². The molecule has 0 aromatic heterocycles. The van der Waals surface area contributed by atoms with E-state index in [0.717, 1.165) is 0 Å². The quantitative estimate of drug-likeness (QED) is 0.804. The molecule has 0 amide bonds. The van der Waals surface area contributed by atoms with Crippen LogP contribution in [0.15, 0.2) is 16.6 Å². The molecule has 2 atom stereocenters. The summed E-state index contributed by atoms with van der Waals surface area (Å²) in [6, 6.07) is 3.12. The molecule has 1 aromatic carbocycles. The van der Waals surface area contributed by atoms with E-state index in [2.05, 4.69) is 20.7 Å². The second-order valence-electron chi connectivity index (χ2n) is 3.87. The third-order valence-electron chi connectivity index (χ3n) is 2.64. The molecule has 0 bridgehead atoms. The van der Waals surface area contributed by atoms with Gasteiger partial charge >= 0.3 is 5.97 Å². The summed E-state index contributed by atoms with van der Waals surface area (Å²) in [7, 11) is 0. The van der Waals surface area contributed by atoms with E-state index >= 15 is 0 Å². The molecule has 1 aliphatic rings. The monoisotopic (exact) mass is 332 g/mol. The number of hydrogen-bond acceptors (Lipinski definition) is 6. The fourth-order valence-electron chi connectivity index (χ4n) is 1.69. The van der Waals surface area contributed by atoms with Crippen LogP contribution in [-0.4, -0.2) is 35.7 Å². The lowest BCUT2D eigenvalue weighted by Crippen LogP contribution is -2.30. The summed E-state index contributed by atoms with van der Waals surface area (Å²) in [6.07, 6.45) is -3.07. The summed E-state index contributed by atoms with van der Waals surface area (Å²) >= 11 is 3.25. The van der Waals surface area contributed by atoms with Gasteiger partial charge in [0.2, 0.25) is 6.79 Å². The summed E-state index contributed by atoms with van der Waals surface area (Å²) in [5.41, 5.74) is 0.324. The first-order valence-electron chi connectivity index (χ1n) is 5.66. The van der Waals surface area contributed by atoms with Crippen LogP contribution in [0.3, 0.4) is 0 Å². The number of carbonyl (C=O) groups excluding carboxylic acids is 1. The van der Waals surface area contributed by atoms with Gasteiger partial charge in [-0.25, -0.2) is 4.79 Å². The van der Waals surface area contributed by atoms with Crippen LogP contribution in [0.2, 0.25) is 0 Å². The molecule has 2 rings (SSSR count). The van der Waals surface area contributed by atoms with E-state index in [1.54, 1.807) is 13.0 Å². The largest absolute Gasteiger partial charge is 0.464 e. The van der Waals surface area contributed by atoms with Crippen molar-refractivity contribution in [3.63, 3.8) is 0 Å². The summed E-state index contributed by atoms with van der Waals surface area (Å²) in [5.74, 6) is 0.112. The highest BCUT2D eigenvalue weighted by molar-refractivity contribution is 9.10. The predicted molar refractivity (Wildman–Crippen MR) is 67.9 cm³/mol. The summed E-state index contributed by atoms with van der Waals surface area (Å²) < 4.78 is 15.5. The van der Waals surface area contributed by atoms with Crippen molar-refractivity contribution in [3.05, 3.63) is 22.2 Å². The van der Waals surface area contributed by atoms with Crippen molar-refractivity contribution in [2.45, 2.75) is 19.1 Å². The lowest BCUT2D eigenvalue weighted by molar-refractivity contribution is -0.159. The highest BCUT2D eigenvalue weighted by atomic mass is 79.9. The van der Waals surface area contributed by atoms with Crippen molar-refractivity contribution in [2.75, 3.05) is 13.4 Å². The molecule has 6 nitrogen and oxygen atoms in total. The molecular weight excluding hydrogens is 320 g/mol. The number of aliphatic hydroxyl groups excluding tert-OH is 2. The Bertz CT molecular complexity index is 489. The molecule has 0 spiro atoms. The highest BCUT2D eigenvalue weighted by Crippen LogP contribution is 2.39. The van der Waals surface area contributed by atoms with Gasteiger partial charge in [-0.15, -0.1) is 0 Å². The Morgan fingerprint density at radius 1 is 1.42 bits per heavy atom. The van der Waals surface area contributed by atoms with Crippen LogP contribution in [0, 0.1) is 0 Å². The van der Waals surface area contributed by atoms with E-state index in [0.29, 0.717) is 21.5 Å². The second-order valence-corrected chi connectivity index (χ2v) is 4.72. The van der Waals surface area contributed by atoms with Gasteiger partial charge in [-0.1, -0.05) is 15.9 Å². The number of aliphatic hydroxyl groups is 2. The molecule has 19 heavy (non-hydrogen) atoms. The van der Waals surface area contributed by atoms with E-state index < -0.39 is 18.2 Å². The minimum absolute atomic E-state index is 0.0990. The van der Waals surface area contributed by atoms with Crippen LogP contribution in [0.1, 0.15) is 18.6 Å². The standard InChI is InChI=1S/C12H13BrO6/c1-2-17-12(16)11(15)10(14)6-3-8-9(4-7(6)13)19-5-18-8/h3-4,10-11,14-15H,2,5H2,1H3. The lowest BCUT2D eigenvalue weighted by atomic mass is 10.0. The zero-order valence-corrected chi connectivity index (χ0v) is 11.7. The Kier molecular flexibility index (Phi) is 4.28. The van der Waals surface area contributed by atoms with Crippen molar-refractivity contribution in [3.8, 4) is 11.5 Å². The Balaban J connectivity index is 2.24. The SMILES string of the molecule is CCOC(=O)C(O)C(O)c1cc2c(cc1Br)OCO2. The second kappa shape index (κ2) is 5.77. The first-order valence-corrected chi connectivity index (χ1v) is 6.45. The van der Waals surface area contributed by atoms with E-state index in [-0.39, 0.29) is 13.4 Å². The molecule has 104 valence electrons. The number of ether oxygens (including phenoxy) is 3. The van der Waals surface area contributed by atoms with Gasteiger partial charge in [-0.3, -0.25) is 0 Å². The van der Waals surface area contributed by atoms with E-state index in [4.69, 9.17) is 9.47 Å². The zero-order valence-electron chi connectivity index (χ0n) is 10.1. The third-order valence-corrected chi connectivity index (χ3v) is 3.32. The van der Waals surface area contributed by atoms with Gasteiger partial charge in [-0.2, -0.15) is 0 Å². The van der Waals surface area contributed by atoms with Gasteiger partial charge in [0.15, 0.2) is 17.6 Å². The smallest absolute Gasteiger partial charge is 0.338 e. The van der Waals surface area contributed by atoms with Gasteiger partial charge in [0.25, 0.3) is 0 Å². The van der Waals surface area contributed by atoms with Crippen LogP contribution in [0.4, 0.5) is 0 Å². The average Bonchev–Trinajstić information content (AvgIpc) is 2.83. The molecule has 0 saturated heterocycles. The lowest BCUT2D eigenvalue weighted by Gasteiger charge is -2.18. The summed E-state index contributed by atoms with van der Waals surface area (Å²) in [4.78, 5) is 11.4. The molecule has 0 fully saturated rings. The maximum atomic E-state index is 11.4. The van der Waals surface area contributed by atoms with E-state index in [1.165, 1.54) is 6.07 Å². The number of carbonyl (C=O) groups is 1. The fourth-order valence-corrected chi connectivity index (χ4v) is 2.24. The van der Waals surface area contributed by atoms with Gasteiger partial charge in [0, 0.05) is 10.0 Å². The van der Waals surface area contributed by atoms with Gasteiger partial charge < -0.3 is 24.4 Å². The van der Waals surface area contributed by atoms with Gasteiger partial charge in [0.1, 0.15) is 6.10 Å². The molecule has 1 heterocycles. The molecule has 2 N–H and O–H groups in total. The molecule has 0 radical (unpaired) electrons. The van der Waals surface area contributed by atoms with Crippen LogP contribution < -0.4 is 9.47 Å². The number of esters is 1. The number of benzene rings is 1. The van der Waals surface area contributed by atoms with Crippen molar-refractivity contribution in [2.24, 2.45) is 0 Å². The molecule has 1 aliphatic heterocycles. The molecule has 0 saturated carbocycles. The third kappa shape index (κ3) is 2.83. The summed E-state index contributed by atoms with van der Waals surface area (Å²) in [5, 5.41) is 19.7. The molecule has 0 aliphatic carbocycles. The number of halogens is 1. The van der Waals surface area contributed by atoms with Crippen LogP contribution in [0.25, 0.3) is 0 Å². The number of fused-ring (bicyclic) bond motifs is 1. The van der Waals surface area contributed by atoms with E-state index in [9.17, 15) is 15.0 Å². The predicted octanol–water partition coefficient (Wildman–Crippen LogP) is 1.14. The number of hydrogen-bond donors (Lipinski definition) is 2. The average molecular weight is 333 g/mol. The Hall–Kier alpha value is -1.31. The minimum atomic E-state index is -1.66. The van der Waals surface area contributed by atoms with Crippen molar-refractivity contribution >= 4 is 21.9 Å². The Morgan fingerprint density at radius 3 is 2.68 bits per heavy atom.